The molecule has 0 aromatic heterocycles. The van der Waals surface area contributed by atoms with Crippen LogP contribution in [-0.2, 0) is 19.1 Å². The van der Waals surface area contributed by atoms with E-state index in [0.29, 0.717) is 13.2 Å². The largest absolute Gasteiger partial charge is 0.465 e. The van der Waals surface area contributed by atoms with E-state index in [1.54, 1.807) is 0 Å². The minimum atomic E-state index is -0.291. The van der Waals surface area contributed by atoms with E-state index >= 15 is 0 Å². The molecule has 0 aliphatic rings. The topological polar surface area (TPSA) is 76.1 Å². The van der Waals surface area contributed by atoms with Gasteiger partial charge in [-0.2, -0.15) is 0 Å². The molecule has 0 spiro atoms. The van der Waals surface area contributed by atoms with Crippen LogP contribution in [0.2, 0.25) is 0 Å². The molecule has 0 atom stereocenters. The molecule has 0 bridgehead atoms. The highest BCUT2D eigenvalue weighted by Gasteiger charge is 2.07. The summed E-state index contributed by atoms with van der Waals surface area (Å²) in [6, 6.07) is 0. The number of carbonyl (C=O) groups excluding carboxylic acids is 2. The average Bonchev–Trinajstić information content (AvgIpc) is 2.62. The Bertz CT molecular complexity index is 430. The van der Waals surface area contributed by atoms with Crippen LogP contribution in [0, 0.1) is 0 Å². The Hall–Kier alpha value is -0.960. The van der Waals surface area contributed by atoms with Gasteiger partial charge in [0.2, 0.25) is 0 Å². The number of aliphatic hydroxyl groups excluding tert-OH is 1. The molecule has 6 nitrogen and oxygen atoms in total. The van der Waals surface area contributed by atoms with Gasteiger partial charge < -0.3 is 19.5 Å². The Morgan fingerprint density at radius 3 is 2.31 bits per heavy atom. The average molecular weight is 406 g/mol. The van der Waals surface area contributed by atoms with Crippen molar-refractivity contribution in [1.29, 1.82) is 0 Å². The van der Waals surface area contributed by atoms with E-state index < -0.39 is 0 Å². The van der Waals surface area contributed by atoms with Crippen LogP contribution in [0.3, 0.4) is 0 Å². The molecule has 8 heteroatoms. The van der Waals surface area contributed by atoms with Crippen molar-refractivity contribution in [2.45, 2.75) is 26.2 Å². The first kappa shape index (κ1) is 25.0. The summed E-state index contributed by atoms with van der Waals surface area (Å²) in [4.78, 5) is 25.0. The third-order valence-electron chi connectivity index (χ3n) is 3.11. The first-order chi connectivity index (χ1) is 12.6. The molecule has 0 unspecified atom stereocenters. The number of aliphatic hydroxyl groups is 1. The van der Waals surface area contributed by atoms with Crippen molar-refractivity contribution in [3.8, 4) is 0 Å². The van der Waals surface area contributed by atoms with E-state index in [0.717, 1.165) is 25.8 Å². The fourth-order valence-corrected chi connectivity index (χ4v) is 3.36. The molecule has 0 amide bonds. The number of ether oxygens (including phenoxy) is 2. The number of carbonyl (C=O) groups is 2. The van der Waals surface area contributed by atoms with Crippen LogP contribution in [-0.4, -0.2) is 73.4 Å². The van der Waals surface area contributed by atoms with E-state index in [4.69, 9.17) is 14.6 Å². The lowest BCUT2D eigenvalue weighted by Gasteiger charge is -2.14. The zero-order valence-corrected chi connectivity index (χ0v) is 17.4. The summed E-state index contributed by atoms with van der Waals surface area (Å²) in [5, 5.41) is 8.77. The lowest BCUT2D eigenvalue weighted by molar-refractivity contribution is -0.141. The molecule has 0 aromatic rings. The van der Waals surface area contributed by atoms with Crippen molar-refractivity contribution in [3.05, 3.63) is 24.3 Å². The summed E-state index contributed by atoms with van der Waals surface area (Å²) in [7, 11) is 4.48. The van der Waals surface area contributed by atoms with Crippen molar-refractivity contribution in [2.24, 2.45) is 0 Å². The molecule has 0 fully saturated rings. The predicted molar refractivity (Wildman–Crippen MR) is 109 cm³/mol. The molecule has 0 aliphatic carbocycles. The summed E-state index contributed by atoms with van der Waals surface area (Å²) >= 11 is 0. The number of rotatable bonds is 16. The second-order valence-corrected chi connectivity index (χ2v) is 7.89. The van der Waals surface area contributed by atoms with Crippen molar-refractivity contribution < 1.29 is 24.2 Å². The Kier molecular flexibility index (Phi) is 18.1. The van der Waals surface area contributed by atoms with Gasteiger partial charge in [0.1, 0.15) is 18.1 Å². The summed E-state index contributed by atoms with van der Waals surface area (Å²) in [6.07, 6.45) is 10.6. The molecule has 150 valence electrons. The second-order valence-electron chi connectivity index (χ2n) is 5.43. The van der Waals surface area contributed by atoms with Crippen molar-refractivity contribution in [3.63, 3.8) is 0 Å². The SMILES string of the molecule is C/C=C/CC/C=C/COC(=O)CSSCC(=O)OCCCN(C)CCO. The van der Waals surface area contributed by atoms with Crippen LogP contribution in [0.1, 0.15) is 26.2 Å². The van der Waals surface area contributed by atoms with E-state index in [1.807, 2.05) is 37.1 Å². The summed E-state index contributed by atoms with van der Waals surface area (Å²) < 4.78 is 10.2. The molecular weight excluding hydrogens is 374 g/mol. The predicted octanol–water partition coefficient (Wildman–Crippen LogP) is 2.68. The maximum absolute atomic E-state index is 11.5. The van der Waals surface area contributed by atoms with Crippen LogP contribution in [0.5, 0.6) is 0 Å². The molecule has 0 saturated heterocycles. The van der Waals surface area contributed by atoms with Crippen molar-refractivity contribution >= 4 is 33.5 Å². The molecule has 0 rings (SSSR count). The van der Waals surface area contributed by atoms with Crippen LogP contribution in [0.25, 0.3) is 0 Å². The van der Waals surface area contributed by atoms with E-state index in [-0.39, 0.29) is 36.7 Å². The zero-order chi connectivity index (χ0) is 19.5. The summed E-state index contributed by atoms with van der Waals surface area (Å²) in [5.41, 5.74) is 0. The van der Waals surface area contributed by atoms with Gasteiger partial charge in [-0.25, -0.2) is 0 Å². The van der Waals surface area contributed by atoms with E-state index in [2.05, 4.69) is 6.08 Å². The van der Waals surface area contributed by atoms with Crippen LogP contribution in [0.4, 0.5) is 0 Å². The lowest BCUT2D eigenvalue weighted by Crippen LogP contribution is -2.24. The fraction of sp³-hybridized carbons (Fsp3) is 0.667. The Balaban J connectivity index is 3.49. The number of hydrogen-bond donors (Lipinski definition) is 1. The van der Waals surface area contributed by atoms with Gasteiger partial charge >= 0.3 is 11.9 Å². The molecule has 1 N–H and O–H groups in total. The molecule has 0 radical (unpaired) electrons. The fourth-order valence-electron chi connectivity index (χ4n) is 1.75. The van der Waals surface area contributed by atoms with Crippen molar-refractivity contribution in [2.75, 3.05) is 51.5 Å². The zero-order valence-electron chi connectivity index (χ0n) is 15.7. The van der Waals surface area contributed by atoms with Gasteiger partial charge in [0, 0.05) is 13.1 Å². The highest BCUT2D eigenvalue weighted by molar-refractivity contribution is 8.77. The Labute approximate surface area is 164 Å². The number of unbranched alkanes of at least 4 members (excludes halogenated alkanes) is 1. The molecule has 0 aliphatic heterocycles. The van der Waals surface area contributed by atoms with Gasteiger partial charge in [-0.15, -0.1) is 0 Å². The normalized spacial score (nSPS) is 11.5. The van der Waals surface area contributed by atoms with Gasteiger partial charge in [-0.05, 0) is 33.2 Å². The minimum absolute atomic E-state index is 0.124. The first-order valence-electron chi connectivity index (χ1n) is 8.71. The van der Waals surface area contributed by atoms with E-state index in [1.165, 1.54) is 21.6 Å². The number of esters is 2. The smallest absolute Gasteiger partial charge is 0.317 e. The van der Waals surface area contributed by atoms with Gasteiger partial charge in [-0.1, -0.05) is 45.9 Å². The Morgan fingerprint density at radius 1 is 1.00 bits per heavy atom. The van der Waals surface area contributed by atoms with Gasteiger partial charge in [0.25, 0.3) is 0 Å². The number of allylic oxidation sites excluding steroid dienone is 3. The number of nitrogens with zero attached hydrogens (tertiary/aromatic N) is 1. The number of likely N-dealkylation sites (N-methyl/N-ethyl adjacent to an activating group) is 1. The highest BCUT2D eigenvalue weighted by atomic mass is 33.1. The molecule has 0 saturated carbocycles. The molecule has 0 heterocycles. The maximum Gasteiger partial charge on any atom is 0.317 e. The highest BCUT2D eigenvalue weighted by Crippen LogP contribution is 2.21. The third kappa shape index (κ3) is 17.8. The van der Waals surface area contributed by atoms with Crippen molar-refractivity contribution in [1.82, 2.24) is 4.90 Å². The quantitative estimate of drug-likeness (QED) is 0.182. The molecule has 26 heavy (non-hydrogen) atoms. The third-order valence-corrected chi connectivity index (χ3v) is 5.19. The van der Waals surface area contributed by atoms with Gasteiger partial charge in [0.15, 0.2) is 0 Å². The molecule has 0 aromatic carbocycles. The monoisotopic (exact) mass is 405 g/mol. The Morgan fingerprint density at radius 2 is 1.65 bits per heavy atom. The van der Waals surface area contributed by atoms with Crippen LogP contribution in [0.15, 0.2) is 24.3 Å². The van der Waals surface area contributed by atoms with Crippen LogP contribution < -0.4 is 0 Å². The number of hydrogen-bond acceptors (Lipinski definition) is 8. The maximum atomic E-state index is 11.5. The standard InChI is InChI=1S/C18H31NO5S2/c1-3-4-5-6-7-8-13-23-17(21)15-25-26-16-18(22)24-14-9-10-19(2)11-12-20/h3-4,7-8,20H,5-6,9-16H2,1-2H3/b4-3+,8-7+. The van der Waals surface area contributed by atoms with E-state index in [9.17, 15) is 9.59 Å². The molecular formula is C18H31NO5S2. The van der Waals surface area contributed by atoms with Gasteiger partial charge in [0.05, 0.1) is 13.2 Å². The second kappa shape index (κ2) is 18.8. The summed E-state index contributed by atoms with van der Waals surface area (Å²) in [5.74, 6) is -0.170. The van der Waals surface area contributed by atoms with Gasteiger partial charge in [-0.3, -0.25) is 9.59 Å². The minimum Gasteiger partial charge on any atom is -0.465 e. The summed E-state index contributed by atoms with van der Waals surface area (Å²) in [6.45, 7) is 4.14. The van der Waals surface area contributed by atoms with Crippen LogP contribution >= 0.6 is 21.6 Å². The first-order valence-corrected chi connectivity index (χ1v) is 11.2. The lowest BCUT2D eigenvalue weighted by atomic mass is 10.3.